The number of hydrogen-bond acceptors (Lipinski definition) is 3. The van der Waals surface area contributed by atoms with Gasteiger partial charge in [-0.25, -0.2) is 4.98 Å². The van der Waals surface area contributed by atoms with Crippen LogP contribution in [-0.4, -0.2) is 33.2 Å². The van der Waals surface area contributed by atoms with Crippen LogP contribution in [0.2, 0.25) is 0 Å². The molecule has 2 aromatic rings. The van der Waals surface area contributed by atoms with E-state index in [0.29, 0.717) is 6.54 Å². The van der Waals surface area contributed by atoms with E-state index in [9.17, 15) is 4.79 Å². The molecule has 0 aliphatic carbocycles. The van der Waals surface area contributed by atoms with Crippen molar-refractivity contribution in [1.82, 2.24) is 14.9 Å². The van der Waals surface area contributed by atoms with Crippen molar-refractivity contribution in [3.8, 4) is 0 Å². The van der Waals surface area contributed by atoms with E-state index in [1.54, 1.807) is 6.33 Å². The lowest BCUT2D eigenvalue weighted by Gasteiger charge is -2.07. The SMILES string of the molecule is CC(O)C(=O)NCCc1ccc2c(c1)ncn2C. The molecule has 2 N–H and O–H groups in total. The van der Waals surface area contributed by atoms with Crippen LogP contribution < -0.4 is 5.32 Å². The second-order valence-electron chi connectivity index (χ2n) is 4.40. The van der Waals surface area contributed by atoms with Gasteiger partial charge < -0.3 is 15.0 Å². The van der Waals surface area contributed by atoms with Crippen LogP contribution in [-0.2, 0) is 18.3 Å². The van der Waals surface area contributed by atoms with Gasteiger partial charge in [0.15, 0.2) is 0 Å². The fourth-order valence-electron chi connectivity index (χ4n) is 1.81. The molecular formula is C13H17N3O2. The number of aliphatic hydroxyl groups is 1. The molecular weight excluding hydrogens is 230 g/mol. The Kier molecular flexibility index (Phi) is 3.62. The van der Waals surface area contributed by atoms with Gasteiger partial charge in [-0.15, -0.1) is 0 Å². The molecule has 5 nitrogen and oxygen atoms in total. The zero-order valence-electron chi connectivity index (χ0n) is 10.6. The van der Waals surface area contributed by atoms with Gasteiger partial charge >= 0.3 is 0 Å². The second kappa shape index (κ2) is 5.18. The minimum atomic E-state index is -0.955. The molecule has 0 bridgehead atoms. The first-order valence-electron chi connectivity index (χ1n) is 5.93. The zero-order valence-corrected chi connectivity index (χ0v) is 10.6. The van der Waals surface area contributed by atoms with Gasteiger partial charge in [-0.2, -0.15) is 0 Å². The van der Waals surface area contributed by atoms with E-state index in [1.165, 1.54) is 6.92 Å². The summed E-state index contributed by atoms with van der Waals surface area (Å²) in [6.45, 7) is 1.97. The van der Waals surface area contributed by atoms with E-state index in [-0.39, 0.29) is 5.91 Å². The smallest absolute Gasteiger partial charge is 0.248 e. The predicted molar refractivity (Wildman–Crippen MR) is 69.1 cm³/mol. The monoisotopic (exact) mass is 247 g/mol. The fraction of sp³-hybridized carbons (Fsp3) is 0.385. The minimum absolute atomic E-state index is 0.339. The first-order chi connectivity index (χ1) is 8.58. The number of amides is 1. The first kappa shape index (κ1) is 12.6. The number of fused-ring (bicyclic) bond motifs is 1. The Morgan fingerprint density at radius 3 is 3.06 bits per heavy atom. The van der Waals surface area contributed by atoms with E-state index in [4.69, 9.17) is 5.11 Å². The van der Waals surface area contributed by atoms with Crippen LogP contribution in [0, 0.1) is 0 Å². The van der Waals surface area contributed by atoms with Crippen molar-refractivity contribution in [1.29, 1.82) is 0 Å². The van der Waals surface area contributed by atoms with E-state index in [2.05, 4.69) is 10.3 Å². The molecule has 1 heterocycles. The third kappa shape index (κ3) is 2.68. The Morgan fingerprint density at radius 2 is 2.33 bits per heavy atom. The van der Waals surface area contributed by atoms with Crippen LogP contribution in [0.5, 0.6) is 0 Å². The summed E-state index contributed by atoms with van der Waals surface area (Å²) >= 11 is 0. The van der Waals surface area contributed by atoms with Crippen molar-refractivity contribution >= 4 is 16.9 Å². The molecule has 0 spiro atoms. The zero-order chi connectivity index (χ0) is 13.1. The first-order valence-corrected chi connectivity index (χ1v) is 5.93. The van der Waals surface area contributed by atoms with E-state index >= 15 is 0 Å². The van der Waals surface area contributed by atoms with Gasteiger partial charge in [-0.05, 0) is 31.0 Å². The highest BCUT2D eigenvalue weighted by molar-refractivity contribution is 5.80. The van der Waals surface area contributed by atoms with Crippen molar-refractivity contribution < 1.29 is 9.90 Å². The molecule has 1 atom stereocenters. The standard InChI is InChI=1S/C13H17N3O2/c1-9(17)13(18)14-6-5-10-3-4-12-11(7-10)15-8-16(12)2/h3-4,7-9,17H,5-6H2,1-2H3,(H,14,18). The Balaban J connectivity index is 1.98. The van der Waals surface area contributed by atoms with Gasteiger partial charge in [-0.3, -0.25) is 4.79 Å². The number of aromatic nitrogens is 2. The van der Waals surface area contributed by atoms with Gasteiger partial charge in [0.2, 0.25) is 5.91 Å². The predicted octanol–water partition coefficient (Wildman–Crippen LogP) is 0.613. The number of hydrogen-bond donors (Lipinski definition) is 2. The molecule has 96 valence electrons. The average Bonchev–Trinajstić information content (AvgIpc) is 2.70. The lowest BCUT2D eigenvalue weighted by Crippen LogP contribution is -2.33. The normalized spacial score (nSPS) is 12.6. The van der Waals surface area contributed by atoms with Crippen molar-refractivity contribution in [2.45, 2.75) is 19.4 Å². The van der Waals surface area contributed by atoms with Crippen molar-refractivity contribution in [2.24, 2.45) is 7.05 Å². The Morgan fingerprint density at radius 1 is 1.56 bits per heavy atom. The third-order valence-electron chi connectivity index (χ3n) is 2.88. The van der Waals surface area contributed by atoms with Gasteiger partial charge in [0.1, 0.15) is 6.10 Å². The Bertz CT molecular complexity index is 560. The Hall–Kier alpha value is -1.88. The highest BCUT2D eigenvalue weighted by Crippen LogP contribution is 2.13. The Labute approximate surface area is 105 Å². The second-order valence-corrected chi connectivity index (χ2v) is 4.40. The summed E-state index contributed by atoms with van der Waals surface area (Å²) in [5.74, 6) is -0.339. The topological polar surface area (TPSA) is 67.2 Å². The molecule has 0 saturated heterocycles. The number of imidazole rings is 1. The molecule has 0 fully saturated rings. The molecule has 18 heavy (non-hydrogen) atoms. The maximum absolute atomic E-state index is 11.2. The highest BCUT2D eigenvalue weighted by atomic mass is 16.3. The molecule has 5 heteroatoms. The number of rotatable bonds is 4. The van der Waals surface area contributed by atoms with E-state index in [0.717, 1.165) is 23.0 Å². The third-order valence-corrected chi connectivity index (χ3v) is 2.88. The maximum atomic E-state index is 11.2. The lowest BCUT2D eigenvalue weighted by atomic mass is 10.1. The highest BCUT2D eigenvalue weighted by Gasteiger charge is 2.07. The van der Waals surface area contributed by atoms with E-state index in [1.807, 2.05) is 29.8 Å². The summed E-state index contributed by atoms with van der Waals surface area (Å²) in [6.07, 6.45) is 1.55. The number of carbonyl (C=O) groups excluding carboxylic acids is 1. The van der Waals surface area contributed by atoms with E-state index < -0.39 is 6.10 Å². The summed E-state index contributed by atoms with van der Waals surface area (Å²) in [4.78, 5) is 15.5. The van der Waals surface area contributed by atoms with Crippen molar-refractivity contribution in [3.63, 3.8) is 0 Å². The largest absolute Gasteiger partial charge is 0.384 e. The number of aliphatic hydroxyl groups excluding tert-OH is 1. The van der Waals surface area contributed by atoms with Gasteiger partial charge in [0, 0.05) is 13.6 Å². The quantitative estimate of drug-likeness (QED) is 0.832. The number of carbonyl (C=O) groups is 1. The number of nitrogens with one attached hydrogen (secondary N) is 1. The number of benzene rings is 1. The van der Waals surface area contributed by atoms with Crippen LogP contribution >= 0.6 is 0 Å². The summed E-state index contributed by atoms with van der Waals surface area (Å²) in [7, 11) is 1.96. The summed E-state index contributed by atoms with van der Waals surface area (Å²) < 4.78 is 1.97. The van der Waals surface area contributed by atoms with Crippen molar-refractivity contribution in [2.75, 3.05) is 6.54 Å². The van der Waals surface area contributed by atoms with Gasteiger partial charge in [0.05, 0.1) is 17.4 Å². The number of aryl methyl sites for hydroxylation is 1. The summed E-state index contributed by atoms with van der Waals surface area (Å²) in [5, 5.41) is 11.7. The maximum Gasteiger partial charge on any atom is 0.248 e. The molecule has 1 aromatic heterocycles. The minimum Gasteiger partial charge on any atom is -0.384 e. The molecule has 0 saturated carbocycles. The average molecular weight is 247 g/mol. The van der Waals surface area contributed by atoms with Crippen LogP contribution in [0.25, 0.3) is 11.0 Å². The van der Waals surface area contributed by atoms with Crippen LogP contribution in [0.1, 0.15) is 12.5 Å². The fourth-order valence-corrected chi connectivity index (χ4v) is 1.81. The lowest BCUT2D eigenvalue weighted by molar-refractivity contribution is -0.128. The van der Waals surface area contributed by atoms with Crippen molar-refractivity contribution in [3.05, 3.63) is 30.1 Å². The van der Waals surface area contributed by atoms with Gasteiger partial charge in [-0.1, -0.05) is 6.07 Å². The molecule has 0 aliphatic rings. The van der Waals surface area contributed by atoms with Gasteiger partial charge in [0.25, 0.3) is 0 Å². The molecule has 1 amide bonds. The number of nitrogens with zero attached hydrogens (tertiary/aromatic N) is 2. The summed E-state index contributed by atoms with van der Waals surface area (Å²) in [6, 6.07) is 6.07. The molecule has 0 radical (unpaired) electrons. The van der Waals surface area contributed by atoms with Crippen LogP contribution in [0.15, 0.2) is 24.5 Å². The molecule has 1 unspecified atom stereocenters. The van der Waals surface area contributed by atoms with Crippen LogP contribution in [0.3, 0.4) is 0 Å². The van der Waals surface area contributed by atoms with Crippen LogP contribution in [0.4, 0.5) is 0 Å². The molecule has 0 aliphatic heterocycles. The molecule has 1 aromatic carbocycles. The molecule has 2 rings (SSSR count). The summed E-state index contributed by atoms with van der Waals surface area (Å²) in [5.41, 5.74) is 3.16.